The van der Waals surface area contributed by atoms with Gasteiger partial charge in [-0.2, -0.15) is 0 Å². The van der Waals surface area contributed by atoms with Gasteiger partial charge in [-0.1, -0.05) is 25.1 Å². The molecule has 2 atom stereocenters. The van der Waals surface area contributed by atoms with Crippen LogP contribution in [-0.2, 0) is 4.79 Å². The number of methoxy groups -OCH3 is 1. The number of benzene rings is 1. The summed E-state index contributed by atoms with van der Waals surface area (Å²) in [4.78, 5) is 12.9. The quantitative estimate of drug-likeness (QED) is 0.843. The summed E-state index contributed by atoms with van der Waals surface area (Å²) < 4.78 is 5.36. The van der Waals surface area contributed by atoms with Crippen molar-refractivity contribution < 1.29 is 14.6 Å². The van der Waals surface area contributed by atoms with Gasteiger partial charge in [0.15, 0.2) is 0 Å². The van der Waals surface area contributed by atoms with E-state index in [2.05, 4.69) is 0 Å². The molecule has 2 unspecified atom stereocenters. The predicted octanol–water partition coefficient (Wildman–Crippen LogP) is 2.41. The number of hydrogen-bond acceptors (Lipinski definition) is 3. The molecule has 0 heterocycles. The van der Waals surface area contributed by atoms with E-state index < -0.39 is 5.97 Å². The molecule has 0 aliphatic rings. The lowest BCUT2D eigenvalue weighted by molar-refractivity contribution is -0.138. The lowest BCUT2D eigenvalue weighted by Gasteiger charge is -2.30. The third kappa shape index (κ3) is 3.47. The number of nitrogens with zero attached hydrogens (tertiary/aromatic N) is 1. The first-order chi connectivity index (χ1) is 8.47. The Labute approximate surface area is 108 Å². The van der Waals surface area contributed by atoms with E-state index in [1.54, 1.807) is 7.11 Å². The topological polar surface area (TPSA) is 49.8 Å². The van der Waals surface area contributed by atoms with E-state index in [0.29, 0.717) is 0 Å². The molecule has 0 spiro atoms. The zero-order chi connectivity index (χ0) is 13.7. The second-order valence-electron chi connectivity index (χ2n) is 4.73. The first-order valence-electron chi connectivity index (χ1n) is 5.98. The molecular formula is C14H21NO3. The minimum absolute atomic E-state index is 0.00815. The molecule has 1 rings (SSSR count). The molecule has 0 bridgehead atoms. The number of carboxylic acids is 1. The molecule has 0 saturated heterocycles. The van der Waals surface area contributed by atoms with Gasteiger partial charge in [-0.15, -0.1) is 0 Å². The summed E-state index contributed by atoms with van der Waals surface area (Å²) in [6.07, 6.45) is 0.140. The van der Waals surface area contributed by atoms with E-state index in [-0.39, 0.29) is 18.4 Å². The minimum atomic E-state index is -0.774. The third-order valence-corrected chi connectivity index (χ3v) is 3.05. The molecule has 18 heavy (non-hydrogen) atoms. The number of hydrogen-bond donors (Lipinski definition) is 1. The highest BCUT2D eigenvalue weighted by Crippen LogP contribution is 2.34. The van der Waals surface area contributed by atoms with Gasteiger partial charge in [0.1, 0.15) is 5.75 Å². The van der Waals surface area contributed by atoms with Crippen LogP contribution in [0.3, 0.4) is 0 Å². The van der Waals surface area contributed by atoms with Crippen LogP contribution in [-0.4, -0.2) is 37.2 Å². The normalized spacial score (nSPS) is 14.3. The Hall–Kier alpha value is -1.55. The molecular weight excluding hydrogens is 230 g/mol. The van der Waals surface area contributed by atoms with Gasteiger partial charge in [-0.3, -0.25) is 4.79 Å². The molecule has 0 saturated carbocycles. The Kier molecular flexibility index (Phi) is 5.16. The van der Waals surface area contributed by atoms with Gasteiger partial charge in [0, 0.05) is 18.0 Å². The molecule has 1 N–H and O–H groups in total. The zero-order valence-electron chi connectivity index (χ0n) is 11.4. The second-order valence-corrected chi connectivity index (χ2v) is 4.73. The standard InChI is InChI=1S/C14H21NO3/c1-10(9-13(16)17)14(15(2)3)11-7-5-6-8-12(11)18-4/h5-8,10,14H,9H2,1-4H3,(H,16,17). The van der Waals surface area contributed by atoms with Gasteiger partial charge in [-0.25, -0.2) is 0 Å². The summed E-state index contributed by atoms with van der Waals surface area (Å²) in [5.74, 6) is 0.0338. The molecule has 0 aliphatic heterocycles. The highest BCUT2D eigenvalue weighted by molar-refractivity contribution is 5.67. The van der Waals surface area contributed by atoms with Crippen LogP contribution in [0.5, 0.6) is 5.75 Å². The fourth-order valence-electron chi connectivity index (χ4n) is 2.39. The largest absolute Gasteiger partial charge is 0.496 e. The molecule has 1 aromatic carbocycles. The Morgan fingerprint density at radius 1 is 1.39 bits per heavy atom. The van der Waals surface area contributed by atoms with E-state index in [1.165, 1.54) is 0 Å². The van der Waals surface area contributed by atoms with Crippen molar-refractivity contribution >= 4 is 5.97 Å². The van der Waals surface area contributed by atoms with Crippen LogP contribution >= 0.6 is 0 Å². The van der Waals surface area contributed by atoms with Crippen molar-refractivity contribution in [2.75, 3.05) is 21.2 Å². The Bertz CT molecular complexity index is 404. The fourth-order valence-corrected chi connectivity index (χ4v) is 2.39. The summed E-state index contributed by atoms with van der Waals surface area (Å²) in [5, 5.41) is 8.94. The van der Waals surface area contributed by atoms with E-state index in [9.17, 15) is 4.79 Å². The van der Waals surface area contributed by atoms with Crippen LogP contribution in [0.1, 0.15) is 24.9 Å². The van der Waals surface area contributed by atoms with Crippen LogP contribution in [0.4, 0.5) is 0 Å². The van der Waals surface area contributed by atoms with Crippen molar-refractivity contribution in [1.29, 1.82) is 0 Å². The molecule has 100 valence electrons. The SMILES string of the molecule is COc1ccccc1C(C(C)CC(=O)O)N(C)C. The number of aliphatic carboxylic acids is 1. The molecule has 0 radical (unpaired) electrons. The predicted molar refractivity (Wildman–Crippen MR) is 70.8 cm³/mol. The molecule has 0 amide bonds. The smallest absolute Gasteiger partial charge is 0.303 e. The van der Waals surface area contributed by atoms with Crippen molar-refractivity contribution in [2.24, 2.45) is 5.92 Å². The van der Waals surface area contributed by atoms with Gasteiger partial charge in [0.05, 0.1) is 7.11 Å². The summed E-state index contributed by atoms with van der Waals surface area (Å²) in [6, 6.07) is 7.78. The van der Waals surface area contributed by atoms with E-state index >= 15 is 0 Å². The molecule has 0 aliphatic carbocycles. The summed E-state index contributed by atoms with van der Waals surface area (Å²) in [5.41, 5.74) is 1.03. The highest BCUT2D eigenvalue weighted by atomic mass is 16.5. The number of carboxylic acid groups (broad SMARTS) is 1. The Morgan fingerprint density at radius 3 is 2.50 bits per heavy atom. The zero-order valence-corrected chi connectivity index (χ0v) is 11.4. The monoisotopic (exact) mass is 251 g/mol. The molecule has 4 nitrogen and oxygen atoms in total. The van der Waals surface area contributed by atoms with Crippen molar-refractivity contribution in [3.05, 3.63) is 29.8 Å². The Balaban J connectivity index is 3.07. The molecule has 0 aromatic heterocycles. The van der Waals surface area contributed by atoms with Crippen molar-refractivity contribution in [2.45, 2.75) is 19.4 Å². The van der Waals surface area contributed by atoms with E-state index in [0.717, 1.165) is 11.3 Å². The maximum Gasteiger partial charge on any atom is 0.303 e. The van der Waals surface area contributed by atoms with E-state index in [4.69, 9.17) is 9.84 Å². The van der Waals surface area contributed by atoms with Crippen molar-refractivity contribution in [3.8, 4) is 5.75 Å². The lowest BCUT2D eigenvalue weighted by atomic mass is 9.90. The van der Waals surface area contributed by atoms with E-state index in [1.807, 2.05) is 50.2 Å². The van der Waals surface area contributed by atoms with Crippen LogP contribution < -0.4 is 4.74 Å². The minimum Gasteiger partial charge on any atom is -0.496 e. The van der Waals surface area contributed by atoms with Crippen LogP contribution in [0.15, 0.2) is 24.3 Å². The van der Waals surface area contributed by atoms with Gasteiger partial charge in [0.2, 0.25) is 0 Å². The average molecular weight is 251 g/mol. The fraction of sp³-hybridized carbons (Fsp3) is 0.500. The molecule has 4 heteroatoms. The third-order valence-electron chi connectivity index (χ3n) is 3.05. The van der Waals surface area contributed by atoms with Gasteiger partial charge in [0.25, 0.3) is 0 Å². The molecule has 0 fully saturated rings. The summed E-state index contributed by atoms with van der Waals surface area (Å²) >= 11 is 0. The van der Waals surface area contributed by atoms with Crippen LogP contribution in [0.25, 0.3) is 0 Å². The van der Waals surface area contributed by atoms with Crippen molar-refractivity contribution in [3.63, 3.8) is 0 Å². The average Bonchev–Trinajstić information content (AvgIpc) is 2.28. The van der Waals surface area contributed by atoms with Crippen LogP contribution in [0.2, 0.25) is 0 Å². The first kappa shape index (κ1) is 14.5. The van der Waals surface area contributed by atoms with Gasteiger partial charge in [-0.05, 0) is 26.1 Å². The second kappa shape index (κ2) is 6.40. The van der Waals surface area contributed by atoms with Gasteiger partial charge >= 0.3 is 5.97 Å². The number of para-hydroxylation sites is 1. The van der Waals surface area contributed by atoms with Crippen molar-refractivity contribution in [1.82, 2.24) is 4.90 Å². The number of ether oxygens (including phenoxy) is 1. The van der Waals surface area contributed by atoms with Gasteiger partial charge < -0.3 is 14.7 Å². The maximum atomic E-state index is 10.9. The Morgan fingerprint density at radius 2 is 2.00 bits per heavy atom. The molecule has 1 aromatic rings. The number of rotatable bonds is 6. The lowest BCUT2D eigenvalue weighted by Crippen LogP contribution is -2.27. The summed E-state index contributed by atoms with van der Waals surface area (Å²) in [6.45, 7) is 1.95. The highest BCUT2D eigenvalue weighted by Gasteiger charge is 2.25. The van der Waals surface area contributed by atoms with Crippen LogP contribution in [0, 0.1) is 5.92 Å². The first-order valence-corrected chi connectivity index (χ1v) is 5.98. The maximum absolute atomic E-state index is 10.9. The number of carbonyl (C=O) groups is 1. The summed E-state index contributed by atoms with van der Waals surface area (Å²) in [7, 11) is 5.54.